The number of nitriles is 2. The van der Waals surface area contributed by atoms with Gasteiger partial charge in [0.2, 0.25) is 0 Å². The van der Waals surface area contributed by atoms with Crippen LogP contribution < -0.4 is 0 Å². The molecule has 0 atom stereocenters. The van der Waals surface area contributed by atoms with E-state index in [9.17, 15) is 9.59 Å². The Hall–Kier alpha value is -1.26. The van der Waals surface area contributed by atoms with Gasteiger partial charge in [-0.15, -0.1) is 0 Å². The van der Waals surface area contributed by atoms with Crippen LogP contribution in [0.3, 0.4) is 0 Å². The summed E-state index contributed by atoms with van der Waals surface area (Å²) in [6.45, 7) is 0. The normalized spacial score (nSPS) is 12.4. The zero-order valence-electron chi connectivity index (χ0n) is 9.39. The first-order chi connectivity index (χ1) is 7.18. The fourth-order valence-electron chi connectivity index (χ4n) is 0.906. The fourth-order valence-corrected chi connectivity index (χ4v) is 5.34. The molecule has 0 heterocycles. The Balaban J connectivity index is 4.60. The molecule has 0 N–H and O–H groups in total. The molecular weight excluding hydrogens is 322 g/mol. The van der Waals surface area contributed by atoms with Crippen LogP contribution in [0.15, 0.2) is 0 Å². The van der Waals surface area contributed by atoms with Crippen LogP contribution in [0.1, 0.15) is 12.8 Å². The molecule has 0 unspecified atom stereocenters. The number of carbonyl (C=O) groups is 2. The van der Waals surface area contributed by atoms with Gasteiger partial charge < -0.3 is 0 Å². The van der Waals surface area contributed by atoms with Crippen LogP contribution in [0.5, 0.6) is 0 Å². The molecule has 0 aromatic rings. The molecular formula is C9H13N2O4Sb. The van der Waals surface area contributed by atoms with Crippen molar-refractivity contribution in [1.29, 1.82) is 10.5 Å². The van der Waals surface area contributed by atoms with E-state index in [-0.39, 0.29) is 12.8 Å². The summed E-state index contributed by atoms with van der Waals surface area (Å²) in [4.78, 5) is 27.0. The van der Waals surface area contributed by atoms with Crippen LogP contribution in [0, 0.1) is 22.7 Å². The van der Waals surface area contributed by atoms with Gasteiger partial charge in [0.25, 0.3) is 0 Å². The molecule has 0 bridgehead atoms. The number of rotatable bonds is 4. The summed E-state index contributed by atoms with van der Waals surface area (Å²) in [5.41, 5.74) is 0. The zero-order valence-corrected chi connectivity index (χ0v) is 11.9. The van der Waals surface area contributed by atoms with E-state index in [0.717, 1.165) is 0 Å². The molecule has 0 amide bonds. The average molecular weight is 335 g/mol. The first-order valence-electron chi connectivity index (χ1n) is 4.38. The predicted molar refractivity (Wildman–Crippen MR) is 56.0 cm³/mol. The molecule has 0 aromatic heterocycles. The standard InChI is InChI=1S/2C3H3NO2.3CH3.Sb/c2*4-2-1-3(5)6;;;;/h2*1H2,(H,5,6);3*1H3;/q;;;;;+2/p-2. The van der Waals surface area contributed by atoms with Gasteiger partial charge in [-0.1, -0.05) is 0 Å². The molecule has 0 saturated carbocycles. The topological polar surface area (TPSA) is 100 Å². The molecule has 0 rings (SSSR count). The molecule has 6 nitrogen and oxygen atoms in total. The Morgan fingerprint density at radius 1 is 1.00 bits per heavy atom. The molecule has 0 aliphatic rings. The van der Waals surface area contributed by atoms with Crippen LogP contribution in [0.25, 0.3) is 0 Å². The van der Waals surface area contributed by atoms with E-state index in [1.165, 1.54) is 0 Å². The van der Waals surface area contributed by atoms with Gasteiger partial charge in [-0.25, -0.2) is 0 Å². The summed E-state index contributed by atoms with van der Waals surface area (Å²) in [6.07, 6.45) is -0.764. The molecule has 0 saturated heterocycles. The Morgan fingerprint density at radius 3 is 1.56 bits per heavy atom. The third kappa shape index (κ3) is 6.26. The van der Waals surface area contributed by atoms with E-state index < -0.39 is 30.2 Å². The number of hydrogen-bond donors (Lipinski definition) is 0. The zero-order chi connectivity index (χ0) is 12.8. The summed E-state index contributed by atoms with van der Waals surface area (Å²) < 4.78 is 10.1. The Kier molecular flexibility index (Phi) is 4.77. The second kappa shape index (κ2) is 5.18. The molecule has 7 heteroatoms. The van der Waals surface area contributed by atoms with Crippen molar-refractivity contribution >= 4 is 30.2 Å². The van der Waals surface area contributed by atoms with Gasteiger partial charge in [-0.3, -0.25) is 0 Å². The van der Waals surface area contributed by atoms with Crippen LogP contribution in [0.4, 0.5) is 0 Å². The number of carbonyl (C=O) groups excluding carboxylic acids is 2. The van der Waals surface area contributed by atoms with Crippen LogP contribution in [0.2, 0.25) is 14.6 Å². The SMILES string of the molecule is [CH3][Sb]([CH3])([CH3])([O]C(=O)CC#N)[O]C(=O)CC#N. The maximum absolute atomic E-state index is 11.2. The van der Waals surface area contributed by atoms with E-state index in [1.54, 1.807) is 26.7 Å². The van der Waals surface area contributed by atoms with Crippen LogP contribution in [-0.2, 0) is 15.6 Å². The van der Waals surface area contributed by atoms with Gasteiger partial charge in [0.1, 0.15) is 0 Å². The Morgan fingerprint density at radius 2 is 1.31 bits per heavy atom. The first-order valence-corrected chi connectivity index (χ1v) is 14.1. The van der Waals surface area contributed by atoms with Crippen LogP contribution >= 0.6 is 0 Å². The van der Waals surface area contributed by atoms with Gasteiger partial charge >= 0.3 is 95.9 Å². The van der Waals surface area contributed by atoms with Gasteiger partial charge in [0.15, 0.2) is 0 Å². The predicted octanol–water partition coefficient (Wildman–Crippen LogP) is 1.19. The molecule has 16 heavy (non-hydrogen) atoms. The Bertz CT molecular complexity index is 349. The van der Waals surface area contributed by atoms with E-state index in [4.69, 9.17) is 16.6 Å². The monoisotopic (exact) mass is 334 g/mol. The number of hydrogen-bond acceptors (Lipinski definition) is 6. The van der Waals surface area contributed by atoms with E-state index in [2.05, 4.69) is 0 Å². The van der Waals surface area contributed by atoms with Crippen molar-refractivity contribution in [2.24, 2.45) is 0 Å². The van der Waals surface area contributed by atoms with Crippen molar-refractivity contribution in [3.8, 4) is 12.1 Å². The van der Waals surface area contributed by atoms with Gasteiger partial charge in [-0.05, 0) is 0 Å². The van der Waals surface area contributed by atoms with E-state index in [1.807, 2.05) is 0 Å². The van der Waals surface area contributed by atoms with E-state index >= 15 is 0 Å². The second-order valence-electron chi connectivity index (χ2n) is 4.11. The van der Waals surface area contributed by atoms with Gasteiger partial charge in [0, 0.05) is 0 Å². The van der Waals surface area contributed by atoms with Crippen LogP contribution in [-0.4, -0.2) is 30.2 Å². The van der Waals surface area contributed by atoms with Crippen molar-refractivity contribution in [2.45, 2.75) is 27.5 Å². The van der Waals surface area contributed by atoms with Crippen molar-refractivity contribution in [1.82, 2.24) is 0 Å². The molecule has 0 aromatic carbocycles. The van der Waals surface area contributed by atoms with Gasteiger partial charge in [-0.2, -0.15) is 0 Å². The third-order valence-corrected chi connectivity index (χ3v) is 5.99. The summed E-state index contributed by atoms with van der Waals surface area (Å²) >= 11 is -4.19. The van der Waals surface area contributed by atoms with Crippen molar-refractivity contribution in [2.75, 3.05) is 0 Å². The minimum atomic E-state index is -4.19. The fraction of sp³-hybridized carbons (Fsp3) is 0.556. The summed E-state index contributed by atoms with van der Waals surface area (Å²) in [5.74, 6) is -1.41. The van der Waals surface area contributed by atoms with Crippen molar-refractivity contribution in [3.05, 3.63) is 0 Å². The molecule has 0 radical (unpaired) electrons. The molecule has 88 valence electrons. The first kappa shape index (κ1) is 14.7. The quantitative estimate of drug-likeness (QED) is 0.716. The average Bonchev–Trinajstić information content (AvgIpc) is 1.99. The van der Waals surface area contributed by atoms with E-state index in [0.29, 0.717) is 0 Å². The molecule has 0 spiro atoms. The molecule has 0 aliphatic heterocycles. The number of nitrogens with zero attached hydrogens (tertiary/aromatic N) is 2. The molecule has 0 fully saturated rings. The third-order valence-electron chi connectivity index (χ3n) is 1.27. The summed E-state index contributed by atoms with van der Waals surface area (Å²) in [5, 5.41) is 16.6. The summed E-state index contributed by atoms with van der Waals surface area (Å²) in [6, 6.07) is 3.30. The minimum absolute atomic E-state index is 0.382. The Labute approximate surface area is 95.9 Å². The maximum atomic E-state index is 11.2. The second-order valence-corrected chi connectivity index (χ2v) is 19.5. The summed E-state index contributed by atoms with van der Waals surface area (Å²) in [7, 11) is 0. The van der Waals surface area contributed by atoms with Crippen molar-refractivity contribution < 1.29 is 15.6 Å². The van der Waals surface area contributed by atoms with Gasteiger partial charge in [0.05, 0.1) is 0 Å². The molecule has 0 aliphatic carbocycles. The van der Waals surface area contributed by atoms with Crippen molar-refractivity contribution in [3.63, 3.8) is 0 Å².